The molecule has 2 aliphatic heterocycles. The van der Waals surface area contributed by atoms with Gasteiger partial charge in [-0.25, -0.2) is 13.8 Å². The molecule has 0 radical (unpaired) electrons. The molecular weight excluding hydrogens is 466 g/mol. The number of alkyl halides is 2. The molecule has 5 rings (SSSR count). The minimum Gasteiger partial charge on any atom is -0.493 e. The Bertz CT molecular complexity index is 1160. The van der Waals surface area contributed by atoms with Crippen molar-refractivity contribution < 1.29 is 18.3 Å². The zero-order valence-electron chi connectivity index (χ0n) is 20.6. The van der Waals surface area contributed by atoms with E-state index in [1.54, 1.807) is 19.5 Å². The number of rotatable bonds is 9. The summed E-state index contributed by atoms with van der Waals surface area (Å²) < 4.78 is 39.3. The fourth-order valence-electron chi connectivity index (χ4n) is 4.72. The molecule has 0 amide bonds. The van der Waals surface area contributed by atoms with Crippen molar-refractivity contribution in [2.45, 2.75) is 38.0 Å². The van der Waals surface area contributed by atoms with Crippen molar-refractivity contribution >= 4 is 28.4 Å². The average Bonchev–Trinajstić information content (AvgIpc) is 3.40. The van der Waals surface area contributed by atoms with E-state index in [0.717, 1.165) is 37.1 Å². The van der Waals surface area contributed by atoms with Gasteiger partial charge in [-0.3, -0.25) is 4.98 Å². The summed E-state index contributed by atoms with van der Waals surface area (Å²) in [5.74, 6) is -0.460. The van der Waals surface area contributed by atoms with Crippen LogP contribution in [0.2, 0.25) is 0 Å². The standard InChI is InChI=1S/C26H32F2N6O2/c1-35-22-17-20-21(18-23(22)36-16-4-13-33-11-2-3-12-33)31-25(34-14-7-26(27,28)8-15-34)32-24(20)30-19-5-9-29-10-6-19/h5-6,9-10,17-18H,2-4,7-8,11-16H2,1H3,(H,29,30,31,32). The third kappa shape index (κ3) is 5.75. The topological polar surface area (TPSA) is 75.6 Å². The van der Waals surface area contributed by atoms with E-state index in [2.05, 4.69) is 15.2 Å². The maximum absolute atomic E-state index is 13.8. The van der Waals surface area contributed by atoms with Gasteiger partial charge in [-0.1, -0.05) is 0 Å². The Hall–Kier alpha value is -3.27. The van der Waals surface area contributed by atoms with Gasteiger partial charge in [-0.2, -0.15) is 4.98 Å². The molecule has 10 heteroatoms. The first-order valence-electron chi connectivity index (χ1n) is 12.6. The summed E-state index contributed by atoms with van der Waals surface area (Å²) >= 11 is 0. The van der Waals surface area contributed by atoms with Crippen molar-refractivity contribution in [3.63, 3.8) is 0 Å². The Balaban J connectivity index is 1.44. The second kappa shape index (κ2) is 10.8. The van der Waals surface area contributed by atoms with Gasteiger partial charge in [0, 0.05) is 62.0 Å². The van der Waals surface area contributed by atoms with Crippen LogP contribution in [0.15, 0.2) is 36.7 Å². The first-order chi connectivity index (χ1) is 17.5. The summed E-state index contributed by atoms with van der Waals surface area (Å²) in [5, 5.41) is 4.08. The van der Waals surface area contributed by atoms with Crippen molar-refractivity contribution in [1.29, 1.82) is 0 Å². The van der Waals surface area contributed by atoms with E-state index in [4.69, 9.17) is 19.4 Å². The summed E-state index contributed by atoms with van der Waals surface area (Å²) in [6.07, 6.45) is 6.41. The molecule has 192 valence electrons. The van der Waals surface area contributed by atoms with Crippen LogP contribution in [0.3, 0.4) is 0 Å². The predicted molar refractivity (Wildman–Crippen MR) is 136 cm³/mol. The van der Waals surface area contributed by atoms with Crippen molar-refractivity contribution in [2.75, 3.05) is 56.7 Å². The van der Waals surface area contributed by atoms with Gasteiger partial charge in [0.05, 0.1) is 19.2 Å². The summed E-state index contributed by atoms with van der Waals surface area (Å²) in [6.45, 7) is 4.30. The lowest BCUT2D eigenvalue weighted by atomic mass is 10.1. The fourth-order valence-corrected chi connectivity index (χ4v) is 4.72. The average molecular weight is 499 g/mol. The van der Waals surface area contributed by atoms with Crippen LogP contribution in [0.5, 0.6) is 11.5 Å². The molecule has 1 N–H and O–H groups in total. The number of aromatic nitrogens is 3. The number of nitrogens with one attached hydrogen (secondary N) is 1. The first-order valence-corrected chi connectivity index (χ1v) is 12.6. The van der Waals surface area contributed by atoms with Gasteiger partial charge in [0.2, 0.25) is 5.95 Å². The van der Waals surface area contributed by atoms with Crippen LogP contribution >= 0.6 is 0 Å². The second-order valence-corrected chi connectivity index (χ2v) is 9.35. The van der Waals surface area contributed by atoms with Crippen molar-refractivity contribution in [3.8, 4) is 11.5 Å². The Morgan fingerprint density at radius 1 is 1.00 bits per heavy atom. The van der Waals surface area contributed by atoms with Gasteiger partial charge in [0.15, 0.2) is 11.5 Å². The number of pyridine rings is 1. The quantitative estimate of drug-likeness (QED) is 0.419. The molecule has 0 saturated carbocycles. The Morgan fingerprint density at radius 3 is 2.47 bits per heavy atom. The van der Waals surface area contributed by atoms with E-state index in [0.29, 0.717) is 35.4 Å². The molecule has 3 aromatic rings. The summed E-state index contributed by atoms with van der Waals surface area (Å²) in [6, 6.07) is 7.39. The van der Waals surface area contributed by atoms with Crippen LogP contribution in [0.4, 0.5) is 26.2 Å². The van der Waals surface area contributed by atoms with Crippen molar-refractivity contribution in [1.82, 2.24) is 19.9 Å². The Kier molecular flexibility index (Phi) is 7.31. The number of hydrogen-bond acceptors (Lipinski definition) is 8. The highest BCUT2D eigenvalue weighted by Gasteiger charge is 2.35. The summed E-state index contributed by atoms with van der Waals surface area (Å²) in [5.41, 5.74) is 1.46. The van der Waals surface area contributed by atoms with E-state index < -0.39 is 5.92 Å². The third-order valence-corrected chi connectivity index (χ3v) is 6.77. The highest BCUT2D eigenvalue weighted by atomic mass is 19.3. The molecule has 36 heavy (non-hydrogen) atoms. The number of fused-ring (bicyclic) bond motifs is 1. The smallest absolute Gasteiger partial charge is 0.251 e. The van der Waals surface area contributed by atoms with Crippen LogP contribution in [0.25, 0.3) is 10.9 Å². The van der Waals surface area contributed by atoms with E-state index in [-0.39, 0.29) is 25.9 Å². The lowest BCUT2D eigenvalue weighted by Crippen LogP contribution is -2.40. The van der Waals surface area contributed by atoms with Gasteiger partial charge in [-0.05, 0) is 50.6 Å². The minimum absolute atomic E-state index is 0.198. The molecular formula is C26H32F2N6O2. The monoisotopic (exact) mass is 498 g/mol. The lowest BCUT2D eigenvalue weighted by Gasteiger charge is -2.32. The Morgan fingerprint density at radius 2 is 1.75 bits per heavy atom. The third-order valence-electron chi connectivity index (χ3n) is 6.77. The normalized spacial score (nSPS) is 17.9. The number of anilines is 3. The van der Waals surface area contributed by atoms with Gasteiger partial charge < -0.3 is 24.6 Å². The number of halogens is 2. The fraction of sp³-hybridized carbons (Fsp3) is 0.500. The first kappa shape index (κ1) is 24.4. The largest absolute Gasteiger partial charge is 0.493 e. The van der Waals surface area contributed by atoms with Crippen LogP contribution < -0.4 is 19.7 Å². The number of piperidine rings is 1. The molecule has 0 bridgehead atoms. The van der Waals surface area contributed by atoms with Gasteiger partial charge >= 0.3 is 0 Å². The van der Waals surface area contributed by atoms with Gasteiger partial charge in [0.1, 0.15) is 5.82 Å². The molecule has 0 atom stereocenters. The zero-order chi connectivity index (χ0) is 25.0. The van der Waals surface area contributed by atoms with E-state index in [1.807, 2.05) is 29.2 Å². The number of likely N-dealkylation sites (tertiary alicyclic amines) is 1. The van der Waals surface area contributed by atoms with E-state index in [1.165, 1.54) is 12.8 Å². The highest BCUT2D eigenvalue weighted by Crippen LogP contribution is 2.37. The van der Waals surface area contributed by atoms with Crippen LogP contribution in [-0.2, 0) is 0 Å². The van der Waals surface area contributed by atoms with Crippen LogP contribution in [0.1, 0.15) is 32.1 Å². The minimum atomic E-state index is -2.64. The molecule has 0 spiro atoms. The van der Waals surface area contributed by atoms with Crippen molar-refractivity contribution in [2.24, 2.45) is 0 Å². The number of methoxy groups -OCH3 is 1. The molecule has 0 aliphatic carbocycles. The maximum Gasteiger partial charge on any atom is 0.251 e. The zero-order valence-corrected chi connectivity index (χ0v) is 20.6. The molecule has 2 aromatic heterocycles. The SMILES string of the molecule is COc1cc2c(Nc3ccncc3)nc(N3CCC(F)(F)CC3)nc2cc1OCCCN1CCCC1. The predicted octanol–water partition coefficient (Wildman–Crippen LogP) is 4.88. The van der Waals surface area contributed by atoms with E-state index in [9.17, 15) is 8.78 Å². The summed E-state index contributed by atoms with van der Waals surface area (Å²) in [7, 11) is 1.61. The molecule has 4 heterocycles. The highest BCUT2D eigenvalue weighted by molar-refractivity contribution is 5.94. The number of nitrogens with zero attached hydrogens (tertiary/aromatic N) is 5. The Labute approximate surface area is 209 Å². The molecule has 1 aromatic carbocycles. The van der Waals surface area contributed by atoms with Crippen molar-refractivity contribution in [3.05, 3.63) is 36.7 Å². The van der Waals surface area contributed by atoms with Crippen LogP contribution in [0, 0.1) is 0 Å². The lowest BCUT2D eigenvalue weighted by molar-refractivity contribution is -0.0222. The number of benzene rings is 1. The molecule has 2 fully saturated rings. The van der Waals surface area contributed by atoms with Gasteiger partial charge in [0.25, 0.3) is 5.92 Å². The van der Waals surface area contributed by atoms with Crippen LogP contribution in [-0.4, -0.2) is 72.2 Å². The second-order valence-electron chi connectivity index (χ2n) is 9.35. The number of ether oxygens (including phenoxy) is 2. The van der Waals surface area contributed by atoms with Gasteiger partial charge in [-0.15, -0.1) is 0 Å². The molecule has 2 saturated heterocycles. The molecule has 8 nitrogen and oxygen atoms in total. The molecule has 0 unspecified atom stereocenters. The number of hydrogen-bond donors (Lipinski definition) is 1. The van der Waals surface area contributed by atoms with E-state index >= 15 is 0 Å². The summed E-state index contributed by atoms with van der Waals surface area (Å²) in [4.78, 5) is 17.8. The molecule has 2 aliphatic rings. The maximum atomic E-state index is 13.8.